The Kier molecular flexibility index (Phi) is 3.33. The first-order valence-electron chi connectivity index (χ1n) is 5.65. The van der Waals surface area contributed by atoms with E-state index in [1.165, 1.54) is 0 Å². The second kappa shape index (κ2) is 4.75. The van der Waals surface area contributed by atoms with Gasteiger partial charge in [0.05, 0.1) is 0 Å². The first kappa shape index (κ1) is 11.9. The smallest absolute Gasteiger partial charge is 0.157 e. The fraction of sp³-hybridized carbons (Fsp3) is 0.308. The molecule has 2 rings (SSSR count). The van der Waals surface area contributed by atoms with Gasteiger partial charge in [-0.1, -0.05) is 25.2 Å². The van der Waals surface area contributed by atoms with Crippen LogP contribution in [0.1, 0.15) is 23.9 Å². The number of aryl methyl sites for hydroxylation is 2. The summed E-state index contributed by atoms with van der Waals surface area (Å²) in [5, 5.41) is 0. The number of rotatable bonds is 2. The predicted octanol–water partition coefficient (Wildman–Crippen LogP) is 3.38. The summed E-state index contributed by atoms with van der Waals surface area (Å²) in [7, 11) is 0. The summed E-state index contributed by atoms with van der Waals surface area (Å²) in [6, 6.07) is 5.87. The molecular weight excluding hydrogens is 230 g/mol. The Morgan fingerprint density at radius 1 is 1.24 bits per heavy atom. The molecule has 17 heavy (non-hydrogen) atoms. The highest BCUT2D eigenvalue weighted by atomic mass is 32.1. The summed E-state index contributed by atoms with van der Waals surface area (Å²) in [6.07, 6.45) is 0.899. The van der Waals surface area contributed by atoms with Gasteiger partial charge in [0.1, 0.15) is 10.3 Å². The summed E-state index contributed by atoms with van der Waals surface area (Å²) in [5.41, 5.74) is 3.99. The summed E-state index contributed by atoms with van der Waals surface area (Å²) in [6.45, 7) is 6.07. The summed E-state index contributed by atoms with van der Waals surface area (Å²) in [5.74, 6) is 0.744. The molecule has 2 aromatic rings. The van der Waals surface area contributed by atoms with Crippen molar-refractivity contribution in [2.24, 2.45) is 0 Å². The normalized spacial score (nSPS) is 10.5. The quantitative estimate of drug-likeness (QED) is 0.825. The standard InChI is InChI=1S/C13H15N3S/c1-4-10-9(3)15-12(16-13(10)17)11-7-5-6-8(2)14-11/h5-7H,4H2,1-3H3,(H,15,16,17). The number of nitrogens with zero attached hydrogens (tertiary/aromatic N) is 2. The number of pyridine rings is 1. The molecule has 2 aromatic heterocycles. The maximum absolute atomic E-state index is 5.30. The van der Waals surface area contributed by atoms with E-state index in [1.807, 2.05) is 32.0 Å². The molecule has 0 aliphatic carbocycles. The summed E-state index contributed by atoms with van der Waals surface area (Å²) >= 11 is 5.30. The van der Waals surface area contributed by atoms with Crippen molar-refractivity contribution in [1.82, 2.24) is 15.0 Å². The van der Waals surface area contributed by atoms with Crippen molar-refractivity contribution < 1.29 is 0 Å². The first-order chi connectivity index (χ1) is 8.11. The van der Waals surface area contributed by atoms with Crippen LogP contribution in [-0.2, 0) is 6.42 Å². The van der Waals surface area contributed by atoms with E-state index in [0.29, 0.717) is 4.64 Å². The number of hydrogen-bond acceptors (Lipinski definition) is 3. The lowest BCUT2D eigenvalue weighted by molar-refractivity contribution is 0.980. The van der Waals surface area contributed by atoms with Crippen LogP contribution in [0.4, 0.5) is 0 Å². The molecule has 0 atom stereocenters. The molecule has 0 saturated heterocycles. The fourth-order valence-corrected chi connectivity index (χ4v) is 2.21. The molecule has 4 heteroatoms. The molecule has 0 radical (unpaired) electrons. The third-order valence-corrected chi connectivity index (χ3v) is 3.05. The molecule has 1 N–H and O–H groups in total. The summed E-state index contributed by atoms with van der Waals surface area (Å²) < 4.78 is 0.669. The van der Waals surface area contributed by atoms with Crippen LogP contribution < -0.4 is 0 Å². The van der Waals surface area contributed by atoms with E-state index in [9.17, 15) is 0 Å². The van der Waals surface area contributed by atoms with E-state index in [0.717, 1.165) is 34.9 Å². The van der Waals surface area contributed by atoms with Crippen LogP contribution in [0.5, 0.6) is 0 Å². The van der Waals surface area contributed by atoms with Gasteiger partial charge in [-0.2, -0.15) is 0 Å². The van der Waals surface area contributed by atoms with E-state index in [4.69, 9.17) is 12.2 Å². The van der Waals surface area contributed by atoms with Crippen molar-refractivity contribution in [2.75, 3.05) is 0 Å². The van der Waals surface area contributed by atoms with Gasteiger partial charge in [-0.3, -0.25) is 0 Å². The van der Waals surface area contributed by atoms with Crippen LogP contribution in [0.15, 0.2) is 18.2 Å². The lowest BCUT2D eigenvalue weighted by atomic mass is 10.2. The van der Waals surface area contributed by atoms with Gasteiger partial charge in [-0.15, -0.1) is 0 Å². The van der Waals surface area contributed by atoms with E-state index >= 15 is 0 Å². The van der Waals surface area contributed by atoms with Gasteiger partial charge in [-0.25, -0.2) is 9.97 Å². The van der Waals surface area contributed by atoms with Crippen LogP contribution in [-0.4, -0.2) is 15.0 Å². The highest BCUT2D eigenvalue weighted by molar-refractivity contribution is 7.71. The number of hydrogen-bond donors (Lipinski definition) is 1. The summed E-state index contributed by atoms with van der Waals surface area (Å²) in [4.78, 5) is 12.1. The number of nitrogens with one attached hydrogen (secondary N) is 1. The Balaban J connectivity index is 2.58. The van der Waals surface area contributed by atoms with Gasteiger partial charge in [0, 0.05) is 17.0 Å². The highest BCUT2D eigenvalue weighted by Gasteiger charge is 2.06. The van der Waals surface area contributed by atoms with E-state index in [2.05, 4.69) is 21.9 Å². The molecular formula is C13H15N3S. The van der Waals surface area contributed by atoms with Crippen molar-refractivity contribution >= 4 is 12.2 Å². The van der Waals surface area contributed by atoms with Crippen molar-refractivity contribution in [1.29, 1.82) is 0 Å². The minimum absolute atomic E-state index is 0.669. The number of H-pyrrole nitrogens is 1. The van der Waals surface area contributed by atoms with Crippen LogP contribution >= 0.6 is 12.2 Å². The first-order valence-corrected chi connectivity index (χ1v) is 6.06. The maximum Gasteiger partial charge on any atom is 0.157 e. The minimum atomic E-state index is 0.669. The van der Waals surface area contributed by atoms with Gasteiger partial charge in [0.2, 0.25) is 0 Å². The molecule has 0 aromatic carbocycles. The third-order valence-electron chi connectivity index (χ3n) is 2.71. The zero-order chi connectivity index (χ0) is 12.4. The molecule has 0 fully saturated rings. The Labute approximate surface area is 106 Å². The molecule has 3 nitrogen and oxygen atoms in total. The molecule has 88 valence electrons. The third kappa shape index (κ3) is 2.42. The molecule has 0 spiro atoms. The Morgan fingerprint density at radius 2 is 2.00 bits per heavy atom. The Bertz CT molecular complexity index is 602. The Morgan fingerprint density at radius 3 is 2.59 bits per heavy atom. The van der Waals surface area contributed by atoms with Crippen LogP contribution in [0.2, 0.25) is 0 Å². The molecule has 0 aliphatic rings. The van der Waals surface area contributed by atoms with Gasteiger partial charge in [-0.05, 0) is 32.4 Å². The average molecular weight is 245 g/mol. The van der Waals surface area contributed by atoms with E-state index < -0.39 is 0 Å². The monoisotopic (exact) mass is 245 g/mol. The second-order valence-corrected chi connectivity index (χ2v) is 4.40. The molecule has 0 aliphatic heterocycles. The maximum atomic E-state index is 5.30. The van der Waals surface area contributed by atoms with Crippen molar-refractivity contribution in [3.8, 4) is 11.5 Å². The van der Waals surface area contributed by atoms with Gasteiger partial charge >= 0.3 is 0 Å². The molecule has 0 saturated carbocycles. The van der Waals surface area contributed by atoms with Crippen molar-refractivity contribution in [3.05, 3.63) is 39.8 Å². The lowest BCUT2D eigenvalue weighted by Crippen LogP contribution is -2.00. The Hall–Kier alpha value is -1.55. The molecule has 0 unspecified atom stereocenters. The minimum Gasteiger partial charge on any atom is -0.342 e. The van der Waals surface area contributed by atoms with Crippen molar-refractivity contribution in [3.63, 3.8) is 0 Å². The van der Waals surface area contributed by atoms with Gasteiger partial charge in [0.25, 0.3) is 0 Å². The zero-order valence-electron chi connectivity index (χ0n) is 10.2. The molecule has 2 heterocycles. The van der Waals surface area contributed by atoms with Crippen LogP contribution in [0.25, 0.3) is 11.5 Å². The van der Waals surface area contributed by atoms with Crippen molar-refractivity contribution in [2.45, 2.75) is 27.2 Å². The SMILES string of the molecule is CCc1c(C)[nH]c(-c2cccc(C)n2)nc1=S. The number of aromatic amines is 1. The lowest BCUT2D eigenvalue weighted by Gasteiger charge is -2.07. The van der Waals surface area contributed by atoms with Crippen LogP contribution in [0.3, 0.4) is 0 Å². The second-order valence-electron chi connectivity index (χ2n) is 4.01. The molecule has 0 bridgehead atoms. The zero-order valence-corrected chi connectivity index (χ0v) is 11.1. The van der Waals surface area contributed by atoms with Gasteiger partial charge in [0.15, 0.2) is 5.82 Å². The van der Waals surface area contributed by atoms with E-state index in [1.54, 1.807) is 0 Å². The predicted molar refractivity (Wildman–Crippen MR) is 71.5 cm³/mol. The molecule has 0 amide bonds. The van der Waals surface area contributed by atoms with E-state index in [-0.39, 0.29) is 0 Å². The largest absolute Gasteiger partial charge is 0.342 e. The average Bonchev–Trinajstić information content (AvgIpc) is 2.28. The highest BCUT2D eigenvalue weighted by Crippen LogP contribution is 2.15. The van der Waals surface area contributed by atoms with Gasteiger partial charge < -0.3 is 4.98 Å². The van der Waals surface area contributed by atoms with Crippen LogP contribution in [0, 0.1) is 18.5 Å². The number of aromatic nitrogens is 3. The topological polar surface area (TPSA) is 41.6 Å². The fourth-order valence-electron chi connectivity index (χ4n) is 1.82.